The molecule has 2 aromatic rings. The molecule has 19 heavy (non-hydrogen) atoms. The first-order chi connectivity index (χ1) is 9.10. The van der Waals surface area contributed by atoms with Crippen LogP contribution in [-0.2, 0) is 6.42 Å². The summed E-state index contributed by atoms with van der Waals surface area (Å²) in [4.78, 5) is 0. The van der Waals surface area contributed by atoms with E-state index >= 15 is 0 Å². The Labute approximate surface area is 121 Å². The summed E-state index contributed by atoms with van der Waals surface area (Å²) in [6.45, 7) is 6.45. The molecule has 2 aromatic carbocycles. The molecule has 0 amide bonds. The van der Waals surface area contributed by atoms with Crippen LogP contribution in [-0.4, -0.2) is 5.88 Å². The van der Waals surface area contributed by atoms with Crippen LogP contribution in [0.15, 0.2) is 42.5 Å². The highest BCUT2D eigenvalue weighted by atomic mass is 35.5. The molecular weight excluding hydrogens is 252 g/mol. The van der Waals surface area contributed by atoms with Crippen LogP contribution < -0.4 is 0 Å². The fraction of sp³-hybridized carbons (Fsp3) is 0.333. The third kappa shape index (κ3) is 3.61. The van der Waals surface area contributed by atoms with Crippen molar-refractivity contribution >= 4 is 11.6 Å². The number of alkyl halides is 1. The maximum absolute atomic E-state index is 6.18. The standard InChI is InChI=1S/C18H21Cl/c1-13-5-4-6-17(9-13)18(12-19)11-16-8-7-14(2)15(3)10-16/h4-10,18H,11-12H2,1-3H3. The van der Waals surface area contributed by atoms with Gasteiger partial charge in [0.1, 0.15) is 0 Å². The lowest BCUT2D eigenvalue weighted by atomic mass is 9.91. The van der Waals surface area contributed by atoms with Crippen LogP contribution in [0.1, 0.15) is 33.7 Å². The smallest absolute Gasteiger partial charge is 0.0295 e. The van der Waals surface area contributed by atoms with Gasteiger partial charge >= 0.3 is 0 Å². The monoisotopic (exact) mass is 272 g/mol. The van der Waals surface area contributed by atoms with E-state index in [4.69, 9.17) is 11.6 Å². The second-order valence-corrected chi connectivity index (χ2v) is 5.70. The lowest BCUT2D eigenvalue weighted by molar-refractivity contribution is 0.764. The molecule has 1 unspecified atom stereocenters. The predicted octanol–water partition coefficient (Wildman–Crippen LogP) is 5.18. The predicted molar refractivity (Wildman–Crippen MR) is 84.3 cm³/mol. The van der Waals surface area contributed by atoms with Crippen LogP contribution in [0, 0.1) is 20.8 Å². The van der Waals surface area contributed by atoms with Crippen molar-refractivity contribution in [3.63, 3.8) is 0 Å². The summed E-state index contributed by atoms with van der Waals surface area (Å²) in [5.74, 6) is 1.06. The van der Waals surface area contributed by atoms with Gasteiger partial charge in [-0.2, -0.15) is 0 Å². The van der Waals surface area contributed by atoms with E-state index in [2.05, 4.69) is 63.2 Å². The van der Waals surface area contributed by atoms with E-state index in [1.54, 1.807) is 0 Å². The molecule has 0 aliphatic carbocycles. The molecule has 0 bridgehead atoms. The molecule has 100 valence electrons. The number of aryl methyl sites for hydroxylation is 3. The molecule has 2 rings (SSSR count). The van der Waals surface area contributed by atoms with Crippen molar-refractivity contribution in [2.24, 2.45) is 0 Å². The first-order valence-corrected chi connectivity index (χ1v) is 7.32. The van der Waals surface area contributed by atoms with Gasteiger partial charge in [-0.15, -0.1) is 11.6 Å². The van der Waals surface area contributed by atoms with E-state index in [-0.39, 0.29) is 0 Å². The summed E-state index contributed by atoms with van der Waals surface area (Å²) in [6.07, 6.45) is 1.01. The van der Waals surface area contributed by atoms with E-state index < -0.39 is 0 Å². The van der Waals surface area contributed by atoms with Gasteiger partial charge in [-0.3, -0.25) is 0 Å². The summed E-state index contributed by atoms with van der Waals surface area (Å²) < 4.78 is 0. The lowest BCUT2D eigenvalue weighted by Gasteiger charge is -2.16. The number of hydrogen-bond acceptors (Lipinski definition) is 0. The van der Waals surface area contributed by atoms with Crippen LogP contribution >= 0.6 is 11.6 Å². The second kappa shape index (κ2) is 6.25. The van der Waals surface area contributed by atoms with Gasteiger partial charge in [0.05, 0.1) is 0 Å². The van der Waals surface area contributed by atoms with Crippen molar-refractivity contribution in [2.45, 2.75) is 33.1 Å². The van der Waals surface area contributed by atoms with Crippen molar-refractivity contribution in [3.05, 3.63) is 70.3 Å². The quantitative estimate of drug-likeness (QED) is 0.673. The number of benzene rings is 2. The van der Waals surface area contributed by atoms with E-state index in [1.807, 2.05) is 0 Å². The van der Waals surface area contributed by atoms with Crippen LogP contribution in [0.3, 0.4) is 0 Å². The maximum atomic E-state index is 6.18. The molecule has 0 nitrogen and oxygen atoms in total. The summed E-state index contributed by atoms with van der Waals surface area (Å²) in [7, 11) is 0. The molecule has 0 saturated heterocycles. The second-order valence-electron chi connectivity index (χ2n) is 5.39. The summed E-state index contributed by atoms with van der Waals surface area (Å²) in [5.41, 5.74) is 6.72. The molecule has 0 radical (unpaired) electrons. The third-order valence-corrected chi connectivity index (χ3v) is 4.13. The highest BCUT2D eigenvalue weighted by Crippen LogP contribution is 2.24. The fourth-order valence-corrected chi connectivity index (χ4v) is 2.69. The topological polar surface area (TPSA) is 0 Å². The Hall–Kier alpha value is -1.27. The molecule has 0 saturated carbocycles. The molecule has 0 spiro atoms. The Kier molecular flexibility index (Phi) is 4.66. The zero-order valence-corrected chi connectivity index (χ0v) is 12.7. The first kappa shape index (κ1) is 14.1. The minimum absolute atomic E-state index is 0.392. The van der Waals surface area contributed by atoms with Crippen molar-refractivity contribution < 1.29 is 0 Å². The van der Waals surface area contributed by atoms with Gasteiger partial charge in [-0.25, -0.2) is 0 Å². The molecule has 0 aliphatic rings. The Balaban J connectivity index is 2.21. The van der Waals surface area contributed by atoms with Crippen LogP contribution in [0.5, 0.6) is 0 Å². The molecule has 1 atom stereocenters. The van der Waals surface area contributed by atoms with Crippen LogP contribution in [0.4, 0.5) is 0 Å². The molecular formula is C18H21Cl. The molecule has 0 N–H and O–H groups in total. The third-order valence-electron chi connectivity index (χ3n) is 3.75. The van der Waals surface area contributed by atoms with Gasteiger partial charge in [-0.05, 0) is 49.4 Å². The normalized spacial score (nSPS) is 12.4. The summed E-state index contributed by atoms with van der Waals surface area (Å²) in [6, 6.07) is 15.4. The summed E-state index contributed by atoms with van der Waals surface area (Å²) >= 11 is 6.18. The van der Waals surface area contributed by atoms with Crippen molar-refractivity contribution in [1.82, 2.24) is 0 Å². The van der Waals surface area contributed by atoms with E-state index in [0.29, 0.717) is 11.8 Å². The molecule has 0 heterocycles. The fourth-order valence-electron chi connectivity index (χ4n) is 2.40. The van der Waals surface area contributed by atoms with E-state index in [1.165, 1.54) is 27.8 Å². The summed E-state index contributed by atoms with van der Waals surface area (Å²) in [5, 5.41) is 0. The minimum Gasteiger partial charge on any atom is -0.126 e. The Morgan fingerprint density at radius 2 is 1.74 bits per heavy atom. The van der Waals surface area contributed by atoms with Gasteiger partial charge in [0.25, 0.3) is 0 Å². The first-order valence-electron chi connectivity index (χ1n) is 6.79. The van der Waals surface area contributed by atoms with E-state index in [9.17, 15) is 0 Å². The molecule has 0 aromatic heterocycles. The molecule has 0 aliphatic heterocycles. The Morgan fingerprint density at radius 3 is 2.37 bits per heavy atom. The van der Waals surface area contributed by atoms with Crippen LogP contribution in [0.2, 0.25) is 0 Å². The van der Waals surface area contributed by atoms with Gasteiger partial charge in [0.15, 0.2) is 0 Å². The van der Waals surface area contributed by atoms with Crippen LogP contribution in [0.25, 0.3) is 0 Å². The largest absolute Gasteiger partial charge is 0.126 e. The zero-order chi connectivity index (χ0) is 13.8. The maximum Gasteiger partial charge on any atom is 0.0295 e. The SMILES string of the molecule is Cc1cccc(C(CCl)Cc2ccc(C)c(C)c2)c1. The van der Waals surface area contributed by atoms with Gasteiger partial charge in [-0.1, -0.05) is 48.0 Å². The van der Waals surface area contributed by atoms with Crippen molar-refractivity contribution in [3.8, 4) is 0 Å². The highest BCUT2D eigenvalue weighted by Gasteiger charge is 2.11. The van der Waals surface area contributed by atoms with Gasteiger partial charge in [0.2, 0.25) is 0 Å². The number of halogens is 1. The zero-order valence-electron chi connectivity index (χ0n) is 11.9. The molecule has 1 heteroatoms. The van der Waals surface area contributed by atoms with Crippen molar-refractivity contribution in [2.75, 3.05) is 5.88 Å². The number of hydrogen-bond donors (Lipinski definition) is 0. The van der Waals surface area contributed by atoms with Gasteiger partial charge < -0.3 is 0 Å². The van der Waals surface area contributed by atoms with Crippen molar-refractivity contribution in [1.29, 1.82) is 0 Å². The molecule has 0 fully saturated rings. The Morgan fingerprint density at radius 1 is 0.947 bits per heavy atom. The highest BCUT2D eigenvalue weighted by molar-refractivity contribution is 6.18. The number of rotatable bonds is 4. The minimum atomic E-state index is 0.392. The Bertz CT molecular complexity index is 557. The van der Waals surface area contributed by atoms with Gasteiger partial charge in [0, 0.05) is 11.8 Å². The average Bonchev–Trinajstić information content (AvgIpc) is 2.40. The van der Waals surface area contributed by atoms with E-state index in [0.717, 1.165) is 6.42 Å². The average molecular weight is 273 g/mol. The lowest BCUT2D eigenvalue weighted by Crippen LogP contribution is -2.05.